The van der Waals surface area contributed by atoms with Crippen LogP contribution in [0.15, 0.2) is 34.5 Å². The van der Waals surface area contributed by atoms with Crippen LogP contribution >= 0.6 is 23.1 Å². The van der Waals surface area contributed by atoms with Gasteiger partial charge in [-0.05, 0) is 25.1 Å². The number of hydrogen-bond donors (Lipinski definition) is 1. The summed E-state index contributed by atoms with van der Waals surface area (Å²) in [4.78, 5) is 16.7. The maximum absolute atomic E-state index is 11.5. The van der Waals surface area contributed by atoms with Gasteiger partial charge >= 0.3 is 5.97 Å². The molecule has 0 spiro atoms. The van der Waals surface area contributed by atoms with Crippen molar-refractivity contribution in [3.05, 3.63) is 40.3 Å². The zero-order valence-electron chi connectivity index (χ0n) is 10.3. The lowest BCUT2D eigenvalue weighted by Gasteiger charge is -2.00. The maximum Gasteiger partial charge on any atom is 0.367 e. The second-order valence-corrected chi connectivity index (χ2v) is 5.56. The largest absolute Gasteiger partial charge is 0.508 e. The summed E-state index contributed by atoms with van der Waals surface area (Å²) in [5.74, 6) is 0.524. The van der Waals surface area contributed by atoms with Crippen molar-refractivity contribution < 1.29 is 14.6 Å². The predicted octanol–water partition coefficient (Wildman–Crippen LogP) is 3.32. The lowest BCUT2D eigenvalue weighted by Crippen LogP contribution is -2.03. The van der Waals surface area contributed by atoms with Gasteiger partial charge in [0.05, 0.1) is 12.3 Å². The van der Waals surface area contributed by atoms with Crippen LogP contribution in [0.5, 0.6) is 5.75 Å². The quantitative estimate of drug-likeness (QED) is 0.677. The molecule has 0 amide bonds. The van der Waals surface area contributed by atoms with E-state index in [1.54, 1.807) is 36.9 Å². The highest BCUT2D eigenvalue weighted by Gasteiger charge is 2.11. The highest BCUT2D eigenvalue weighted by Crippen LogP contribution is 2.26. The molecule has 0 aliphatic heterocycles. The summed E-state index contributed by atoms with van der Waals surface area (Å²) >= 11 is 2.85. The first-order valence-electron chi connectivity index (χ1n) is 5.72. The van der Waals surface area contributed by atoms with Crippen molar-refractivity contribution >= 4 is 29.1 Å². The summed E-state index contributed by atoms with van der Waals surface area (Å²) < 4.78 is 4.89. The smallest absolute Gasteiger partial charge is 0.367 e. The molecule has 0 atom stereocenters. The summed E-state index contributed by atoms with van der Waals surface area (Å²) in [6.45, 7) is 2.12. The van der Waals surface area contributed by atoms with Gasteiger partial charge in [-0.15, -0.1) is 23.1 Å². The molecule has 1 aromatic carbocycles. The number of carbonyl (C=O) groups is 1. The molecule has 0 aliphatic rings. The zero-order valence-corrected chi connectivity index (χ0v) is 12.0. The minimum absolute atomic E-state index is 0.246. The number of ether oxygens (including phenoxy) is 1. The van der Waals surface area contributed by atoms with E-state index in [4.69, 9.17) is 4.74 Å². The van der Waals surface area contributed by atoms with E-state index in [0.29, 0.717) is 17.4 Å². The molecule has 0 unspecified atom stereocenters. The highest BCUT2D eigenvalue weighted by molar-refractivity contribution is 7.98. The van der Waals surface area contributed by atoms with Gasteiger partial charge in [0.25, 0.3) is 0 Å². The average molecular weight is 295 g/mol. The van der Waals surface area contributed by atoms with Crippen LogP contribution in [0.1, 0.15) is 22.4 Å². The molecule has 6 heteroatoms. The Morgan fingerprint density at radius 1 is 1.53 bits per heavy atom. The van der Waals surface area contributed by atoms with Crippen LogP contribution in [-0.4, -0.2) is 22.7 Å². The summed E-state index contributed by atoms with van der Waals surface area (Å²) in [7, 11) is 0. The summed E-state index contributed by atoms with van der Waals surface area (Å²) in [6.07, 6.45) is 0. The van der Waals surface area contributed by atoms with Gasteiger partial charge in [0.1, 0.15) is 5.75 Å². The molecule has 0 bridgehead atoms. The number of aromatic nitrogens is 1. The Hall–Kier alpha value is -1.53. The van der Waals surface area contributed by atoms with Gasteiger partial charge in [-0.1, -0.05) is 6.07 Å². The number of carbonyl (C=O) groups excluding carboxylic acids is 1. The van der Waals surface area contributed by atoms with E-state index in [1.807, 2.05) is 11.4 Å². The molecule has 4 nitrogen and oxygen atoms in total. The second kappa shape index (κ2) is 6.58. The average Bonchev–Trinajstić information content (AvgIpc) is 2.86. The number of thioether (sulfide) groups is 1. The Kier molecular flexibility index (Phi) is 4.81. The van der Waals surface area contributed by atoms with E-state index < -0.39 is 0 Å². The number of benzene rings is 1. The number of thiazole rings is 1. The van der Waals surface area contributed by atoms with E-state index in [9.17, 15) is 9.90 Å². The third-order valence-corrected chi connectivity index (χ3v) is 4.10. The third kappa shape index (κ3) is 3.97. The van der Waals surface area contributed by atoms with E-state index >= 15 is 0 Å². The second-order valence-electron chi connectivity index (χ2n) is 3.65. The molecule has 1 heterocycles. The lowest BCUT2D eigenvalue weighted by molar-refractivity contribution is 0.0525. The van der Waals surface area contributed by atoms with Crippen LogP contribution in [-0.2, 0) is 10.5 Å². The van der Waals surface area contributed by atoms with E-state index in [-0.39, 0.29) is 11.7 Å². The fraction of sp³-hybridized carbons (Fsp3) is 0.231. The number of aromatic hydroxyl groups is 1. The van der Waals surface area contributed by atoms with Crippen LogP contribution in [0, 0.1) is 0 Å². The molecule has 0 radical (unpaired) electrons. The lowest BCUT2D eigenvalue weighted by atomic mass is 10.3. The van der Waals surface area contributed by atoms with Crippen LogP contribution in [0.25, 0.3) is 0 Å². The fourth-order valence-corrected chi connectivity index (χ4v) is 3.05. The molecule has 2 aromatic rings. The minimum Gasteiger partial charge on any atom is -0.508 e. The number of phenols is 1. The van der Waals surface area contributed by atoms with Crippen molar-refractivity contribution in [1.82, 2.24) is 4.98 Å². The van der Waals surface area contributed by atoms with E-state index in [2.05, 4.69) is 4.98 Å². The van der Waals surface area contributed by atoms with Crippen molar-refractivity contribution in [3.8, 4) is 5.75 Å². The topological polar surface area (TPSA) is 59.4 Å². The SMILES string of the molecule is CCOC(=O)c1nc(CSc2cccc(O)c2)cs1. The molecule has 1 N–H and O–H groups in total. The molecule has 0 saturated heterocycles. The summed E-state index contributed by atoms with van der Waals surface area (Å²) in [5.41, 5.74) is 0.835. The molecular weight excluding hydrogens is 282 g/mol. The molecule has 0 saturated carbocycles. The third-order valence-electron chi connectivity index (χ3n) is 2.21. The van der Waals surface area contributed by atoms with Crippen molar-refractivity contribution in [2.24, 2.45) is 0 Å². The van der Waals surface area contributed by atoms with Gasteiger partial charge in [0, 0.05) is 16.0 Å². The van der Waals surface area contributed by atoms with Gasteiger partial charge in [-0.3, -0.25) is 0 Å². The van der Waals surface area contributed by atoms with Crippen LogP contribution < -0.4 is 0 Å². The molecule has 0 fully saturated rings. The van der Waals surface area contributed by atoms with Crippen molar-refractivity contribution in [2.75, 3.05) is 6.61 Å². The van der Waals surface area contributed by atoms with Crippen molar-refractivity contribution in [1.29, 1.82) is 0 Å². The Labute approximate surface area is 119 Å². The molecule has 100 valence electrons. The number of phenolic OH excluding ortho intramolecular Hbond substituents is 1. The van der Waals surface area contributed by atoms with Crippen LogP contribution in [0.4, 0.5) is 0 Å². The molecule has 2 rings (SSSR count). The number of nitrogens with zero attached hydrogens (tertiary/aromatic N) is 1. The molecule has 1 aromatic heterocycles. The first-order chi connectivity index (χ1) is 9.19. The first-order valence-corrected chi connectivity index (χ1v) is 7.59. The molecule has 0 aliphatic carbocycles. The van der Waals surface area contributed by atoms with Crippen LogP contribution in [0.3, 0.4) is 0 Å². The Morgan fingerprint density at radius 2 is 2.37 bits per heavy atom. The van der Waals surface area contributed by atoms with Gasteiger partial charge in [0.15, 0.2) is 0 Å². The standard InChI is InChI=1S/C13H13NO3S2/c1-2-17-13(16)12-14-9(8-19-12)7-18-11-5-3-4-10(15)6-11/h3-6,8,15H,2,7H2,1H3. The van der Waals surface area contributed by atoms with Crippen molar-refractivity contribution in [2.45, 2.75) is 17.6 Å². The minimum atomic E-state index is -0.374. The number of hydrogen-bond acceptors (Lipinski definition) is 6. The van der Waals surface area contributed by atoms with Gasteiger partial charge in [0.2, 0.25) is 5.01 Å². The maximum atomic E-state index is 11.5. The molecule has 19 heavy (non-hydrogen) atoms. The normalized spacial score (nSPS) is 10.4. The Balaban J connectivity index is 1.95. The van der Waals surface area contributed by atoms with Crippen LogP contribution in [0.2, 0.25) is 0 Å². The van der Waals surface area contributed by atoms with Gasteiger partial charge in [-0.2, -0.15) is 0 Å². The summed E-state index contributed by atoms with van der Waals surface area (Å²) in [5, 5.41) is 11.6. The Bertz CT molecular complexity index is 569. The first kappa shape index (κ1) is 13.9. The number of esters is 1. The summed E-state index contributed by atoms with van der Waals surface area (Å²) in [6, 6.07) is 7.04. The van der Waals surface area contributed by atoms with Crippen molar-refractivity contribution in [3.63, 3.8) is 0 Å². The number of rotatable bonds is 5. The van der Waals surface area contributed by atoms with Gasteiger partial charge < -0.3 is 9.84 Å². The molecular formula is C13H13NO3S2. The Morgan fingerprint density at radius 3 is 3.11 bits per heavy atom. The predicted molar refractivity (Wildman–Crippen MR) is 75.7 cm³/mol. The van der Waals surface area contributed by atoms with E-state index in [0.717, 1.165) is 10.6 Å². The zero-order chi connectivity index (χ0) is 13.7. The van der Waals surface area contributed by atoms with E-state index in [1.165, 1.54) is 11.3 Å². The highest BCUT2D eigenvalue weighted by atomic mass is 32.2. The monoisotopic (exact) mass is 295 g/mol. The fourth-order valence-electron chi connectivity index (χ4n) is 1.39. The van der Waals surface area contributed by atoms with Gasteiger partial charge in [-0.25, -0.2) is 9.78 Å².